The van der Waals surface area contributed by atoms with E-state index in [0.717, 1.165) is 24.3 Å². The van der Waals surface area contributed by atoms with Crippen LogP contribution in [0.4, 0.5) is 13.2 Å². The Balaban J connectivity index is 4.03. The lowest BCUT2D eigenvalue weighted by Gasteiger charge is -2.29. The molecule has 0 aliphatic heterocycles. The highest BCUT2D eigenvalue weighted by molar-refractivity contribution is 4.74. The third kappa shape index (κ3) is 5.99. The zero-order valence-corrected chi connectivity index (χ0v) is 9.69. The number of unbranched alkanes of at least 4 members (excludes halogenated alkanes) is 3. The van der Waals surface area contributed by atoms with E-state index in [2.05, 4.69) is 5.43 Å². The van der Waals surface area contributed by atoms with Crippen molar-refractivity contribution in [2.24, 2.45) is 0 Å². The SMILES string of the molecule is CCCCCCC(N(C)NC)C(F)(F)F. The minimum absolute atomic E-state index is 0.167. The van der Waals surface area contributed by atoms with Crippen molar-refractivity contribution >= 4 is 0 Å². The van der Waals surface area contributed by atoms with Gasteiger partial charge in [0, 0.05) is 7.05 Å². The fourth-order valence-electron chi connectivity index (χ4n) is 1.50. The molecule has 1 N–H and O–H groups in total. The Kier molecular flexibility index (Phi) is 6.92. The smallest absolute Gasteiger partial charge is 0.258 e. The van der Waals surface area contributed by atoms with Gasteiger partial charge < -0.3 is 0 Å². The van der Waals surface area contributed by atoms with Crippen LogP contribution in [0.15, 0.2) is 0 Å². The van der Waals surface area contributed by atoms with Crippen LogP contribution in [-0.4, -0.2) is 31.3 Å². The molecule has 0 rings (SSSR count). The first-order valence-electron chi connectivity index (χ1n) is 5.40. The molecule has 0 aromatic rings. The predicted molar refractivity (Wildman–Crippen MR) is 55.4 cm³/mol. The topological polar surface area (TPSA) is 15.3 Å². The first-order valence-corrected chi connectivity index (χ1v) is 5.40. The van der Waals surface area contributed by atoms with Crippen molar-refractivity contribution in [3.8, 4) is 0 Å². The van der Waals surface area contributed by atoms with E-state index in [1.54, 1.807) is 0 Å². The zero-order chi connectivity index (χ0) is 11.9. The molecule has 0 aromatic carbocycles. The van der Waals surface area contributed by atoms with Crippen molar-refractivity contribution < 1.29 is 13.2 Å². The number of nitrogens with zero attached hydrogens (tertiary/aromatic N) is 1. The Hall–Kier alpha value is -0.290. The normalized spacial score (nSPS) is 14.6. The zero-order valence-electron chi connectivity index (χ0n) is 9.69. The summed E-state index contributed by atoms with van der Waals surface area (Å²) in [4.78, 5) is 0. The molecule has 0 aliphatic rings. The molecule has 92 valence electrons. The van der Waals surface area contributed by atoms with Crippen molar-refractivity contribution in [1.82, 2.24) is 10.4 Å². The van der Waals surface area contributed by atoms with Gasteiger partial charge in [-0.25, -0.2) is 5.01 Å². The van der Waals surface area contributed by atoms with Crippen LogP contribution in [0.2, 0.25) is 0 Å². The van der Waals surface area contributed by atoms with Crippen LogP contribution in [0.5, 0.6) is 0 Å². The molecule has 15 heavy (non-hydrogen) atoms. The summed E-state index contributed by atoms with van der Waals surface area (Å²) in [6.07, 6.45) is -0.429. The monoisotopic (exact) mass is 226 g/mol. The molecular formula is C10H21F3N2. The van der Waals surface area contributed by atoms with Crippen molar-refractivity contribution in [3.05, 3.63) is 0 Å². The van der Waals surface area contributed by atoms with E-state index < -0.39 is 12.2 Å². The second-order valence-corrected chi connectivity index (χ2v) is 3.74. The minimum Gasteiger partial charge on any atom is -0.258 e. The van der Waals surface area contributed by atoms with Crippen molar-refractivity contribution in [3.63, 3.8) is 0 Å². The summed E-state index contributed by atoms with van der Waals surface area (Å²) in [5.41, 5.74) is 2.53. The summed E-state index contributed by atoms with van der Waals surface area (Å²) in [5, 5.41) is 1.13. The van der Waals surface area contributed by atoms with E-state index in [-0.39, 0.29) is 6.42 Å². The van der Waals surface area contributed by atoms with E-state index in [9.17, 15) is 13.2 Å². The van der Waals surface area contributed by atoms with Crippen LogP contribution in [-0.2, 0) is 0 Å². The fourth-order valence-corrected chi connectivity index (χ4v) is 1.50. The second kappa shape index (κ2) is 7.06. The van der Waals surface area contributed by atoms with Gasteiger partial charge in [-0.3, -0.25) is 5.43 Å². The molecule has 0 aromatic heterocycles. The Labute approximate surface area is 89.8 Å². The van der Waals surface area contributed by atoms with Gasteiger partial charge in [0.1, 0.15) is 6.04 Å². The maximum atomic E-state index is 12.6. The van der Waals surface area contributed by atoms with Crippen LogP contribution in [0.25, 0.3) is 0 Å². The molecule has 0 saturated heterocycles. The van der Waals surface area contributed by atoms with E-state index in [0.29, 0.717) is 6.42 Å². The molecule has 0 bridgehead atoms. The number of halogens is 3. The molecule has 2 nitrogen and oxygen atoms in total. The molecule has 0 amide bonds. The Morgan fingerprint density at radius 2 is 1.80 bits per heavy atom. The van der Waals surface area contributed by atoms with E-state index in [1.165, 1.54) is 14.1 Å². The highest BCUT2D eigenvalue weighted by Crippen LogP contribution is 2.27. The summed E-state index contributed by atoms with van der Waals surface area (Å²) in [6, 6.07) is -1.38. The average Bonchev–Trinajstić information content (AvgIpc) is 2.15. The number of hydrogen-bond acceptors (Lipinski definition) is 2. The van der Waals surface area contributed by atoms with Gasteiger partial charge in [-0.2, -0.15) is 13.2 Å². The van der Waals surface area contributed by atoms with Gasteiger partial charge in [-0.05, 0) is 13.5 Å². The molecule has 5 heteroatoms. The fraction of sp³-hybridized carbons (Fsp3) is 1.00. The summed E-state index contributed by atoms with van der Waals surface area (Å²) in [7, 11) is 2.93. The van der Waals surface area contributed by atoms with Crippen molar-refractivity contribution in [2.45, 2.75) is 51.2 Å². The highest BCUT2D eigenvalue weighted by atomic mass is 19.4. The quantitative estimate of drug-likeness (QED) is 0.530. The molecule has 1 atom stereocenters. The Bertz CT molecular complexity index is 159. The molecule has 0 radical (unpaired) electrons. The third-order valence-electron chi connectivity index (χ3n) is 2.53. The predicted octanol–water partition coefficient (Wildman–Crippen LogP) is 2.95. The van der Waals surface area contributed by atoms with Crippen LogP contribution in [0.1, 0.15) is 39.0 Å². The second-order valence-electron chi connectivity index (χ2n) is 3.74. The average molecular weight is 226 g/mol. The number of hydrogen-bond donors (Lipinski definition) is 1. The largest absolute Gasteiger partial charge is 0.405 e. The molecule has 0 fully saturated rings. The summed E-state index contributed by atoms with van der Waals surface area (Å²) in [5.74, 6) is 0. The van der Waals surface area contributed by atoms with Gasteiger partial charge in [-0.15, -0.1) is 0 Å². The first-order chi connectivity index (χ1) is 6.93. The maximum Gasteiger partial charge on any atom is 0.405 e. The minimum atomic E-state index is -4.15. The molecule has 0 heterocycles. The Morgan fingerprint density at radius 1 is 1.20 bits per heavy atom. The molecule has 0 spiro atoms. The van der Waals surface area contributed by atoms with Gasteiger partial charge in [0.05, 0.1) is 0 Å². The number of hydrazine groups is 1. The lowest BCUT2D eigenvalue weighted by atomic mass is 10.1. The Morgan fingerprint density at radius 3 is 2.20 bits per heavy atom. The molecule has 1 unspecified atom stereocenters. The van der Waals surface area contributed by atoms with Gasteiger partial charge in [0.2, 0.25) is 0 Å². The molecule has 0 saturated carbocycles. The molecular weight excluding hydrogens is 205 g/mol. The van der Waals surface area contributed by atoms with Gasteiger partial charge in [0.25, 0.3) is 0 Å². The van der Waals surface area contributed by atoms with E-state index in [4.69, 9.17) is 0 Å². The van der Waals surface area contributed by atoms with Crippen LogP contribution in [0, 0.1) is 0 Å². The molecule has 0 aliphatic carbocycles. The number of alkyl halides is 3. The van der Waals surface area contributed by atoms with Crippen molar-refractivity contribution in [1.29, 1.82) is 0 Å². The highest BCUT2D eigenvalue weighted by Gasteiger charge is 2.41. The maximum absolute atomic E-state index is 12.6. The third-order valence-corrected chi connectivity index (χ3v) is 2.53. The van der Waals surface area contributed by atoms with E-state index in [1.807, 2.05) is 6.92 Å². The standard InChI is InChI=1S/C10H21F3N2/c1-4-5-6-7-8-9(10(11,12)13)15(3)14-2/h9,14H,4-8H2,1-3H3. The summed E-state index contributed by atoms with van der Waals surface area (Å²) in [6.45, 7) is 2.04. The van der Waals surface area contributed by atoms with Crippen molar-refractivity contribution in [2.75, 3.05) is 14.1 Å². The lowest BCUT2D eigenvalue weighted by molar-refractivity contribution is -0.188. The van der Waals surface area contributed by atoms with E-state index >= 15 is 0 Å². The van der Waals surface area contributed by atoms with Gasteiger partial charge in [0.15, 0.2) is 0 Å². The van der Waals surface area contributed by atoms with Gasteiger partial charge >= 0.3 is 6.18 Å². The summed E-state index contributed by atoms with van der Waals surface area (Å²) >= 11 is 0. The van der Waals surface area contributed by atoms with Crippen LogP contribution < -0.4 is 5.43 Å². The first kappa shape index (κ1) is 14.7. The summed E-state index contributed by atoms with van der Waals surface area (Å²) < 4.78 is 37.8. The number of rotatable bonds is 7. The van der Waals surface area contributed by atoms with Gasteiger partial charge in [-0.1, -0.05) is 32.6 Å². The number of nitrogens with one attached hydrogen (secondary N) is 1. The van der Waals surface area contributed by atoms with Crippen LogP contribution >= 0.6 is 0 Å². The van der Waals surface area contributed by atoms with Crippen LogP contribution in [0.3, 0.4) is 0 Å². The lowest BCUT2D eigenvalue weighted by Crippen LogP contribution is -2.48.